The number of benzene rings is 1. The molecule has 0 aromatic heterocycles. The zero-order valence-electron chi connectivity index (χ0n) is 11.8. The van der Waals surface area contributed by atoms with Crippen LogP contribution in [0.5, 0.6) is 0 Å². The van der Waals surface area contributed by atoms with Crippen LogP contribution in [0.4, 0.5) is 0 Å². The van der Waals surface area contributed by atoms with Crippen LogP contribution in [0.1, 0.15) is 34.3 Å². The molecule has 1 amide bonds. The summed E-state index contributed by atoms with van der Waals surface area (Å²) in [7, 11) is 1.68. The standard InChI is InChI=1S/C16H18N2O2/c1-13-7-8-14(6-3-4-11-19)12-15(13)16(20)18(2)10-5-9-17/h7-8,12,19H,4-5,10-11H2,1-2H3. The van der Waals surface area contributed by atoms with Crippen LogP contribution in [0, 0.1) is 30.1 Å². The maximum Gasteiger partial charge on any atom is 0.253 e. The lowest BCUT2D eigenvalue weighted by Crippen LogP contribution is -2.28. The molecule has 4 heteroatoms. The van der Waals surface area contributed by atoms with E-state index in [9.17, 15) is 4.79 Å². The predicted molar refractivity (Wildman–Crippen MR) is 77.0 cm³/mol. The van der Waals surface area contributed by atoms with Crippen LogP contribution in [0.3, 0.4) is 0 Å². The highest BCUT2D eigenvalue weighted by molar-refractivity contribution is 5.95. The third kappa shape index (κ3) is 4.42. The van der Waals surface area contributed by atoms with Gasteiger partial charge in [-0.2, -0.15) is 5.26 Å². The van der Waals surface area contributed by atoms with Gasteiger partial charge in [-0.1, -0.05) is 17.9 Å². The van der Waals surface area contributed by atoms with Gasteiger partial charge in [0.2, 0.25) is 0 Å². The first-order chi connectivity index (χ1) is 9.60. The highest BCUT2D eigenvalue weighted by atomic mass is 16.2. The van der Waals surface area contributed by atoms with Gasteiger partial charge in [0.25, 0.3) is 5.91 Å². The van der Waals surface area contributed by atoms with Crippen molar-refractivity contribution in [3.8, 4) is 17.9 Å². The zero-order valence-corrected chi connectivity index (χ0v) is 11.8. The van der Waals surface area contributed by atoms with E-state index in [1.807, 2.05) is 25.1 Å². The van der Waals surface area contributed by atoms with Crippen molar-refractivity contribution >= 4 is 5.91 Å². The predicted octanol–water partition coefficient (Wildman–Crippen LogP) is 1.71. The summed E-state index contributed by atoms with van der Waals surface area (Å²) in [4.78, 5) is 13.8. The molecule has 1 aromatic rings. The highest BCUT2D eigenvalue weighted by Crippen LogP contribution is 2.13. The van der Waals surface area contributed by atoms with Gasteiger partial charge < -0.3 is 10.0 Å². The molecular weight excluding hydrogens is 252 g/mol. The number of carbonyl (C=O) groups is 1. The molecule has 4 nitrogen and oxygen atoms in total. The van der Waals surface area contributed by atoms with Gasteiger partial charge in [0.1, 0.15) is 0 Å². The normalized spacial score (nSPS) is 9.30. The molecule has 1 rings (SSSR count). The Bertz CT molecular complexity index is 576. The van der Waals surface area contributed by atoms with Crippen LogP contribution in [-0.2, 0) is 0 Å². The monoisotopic (exact) mass is 270 g/mol. The number of aliphatic hydroxyl groups excluding tert-OH is 1. The molecule has 0 aliphatic heterocycles. The number of aliphatic hydroxyl groups is 1. The molecule has 0 aliphatic rings. The van der Waals surface area contributed by atoms with E-state index in [0.29, 0.717) is 24.9 Å². The number of nitrogens with zero attached hydrogens (tertiary/aromatic N) is 2. The lowest BCUT2D eigenvalue weighted by Gasteiger charge is -2.17. The molecule has 0 bridgehead atoms. The summed E-state index contributed by atoms with van der Waals surface area (Å²) in [5.41, 5.74) is 2.23. The summed E-state index contributed by atoms with van der Waals surface area (Å²) in [5, 5.41) is 17.3. The minimum absolute atomic E-state index is 0.0293. The molecule has 104 valence electrons. The Labute approximate surface area is 119 Å². The molecule has 0 radical (unpaired) electrons. The Morgan fingerprint density at radius 2 is 2.15 bits per heavy atom. The van der Waals surface area contributed by atoms with E-state index in [-0.39, 0.29) is 12.5 Å². The third-order valence-electron chi connectivity index (χ3n) is 2.84. The van der Waals surface area contributed by atoms with Crippen molar-refractivity contribution in [2.24, 2.45) is 0 Å². The fraction of sp³-hybridized carbons (Fsp3) is 0.375. The maximum atomic E-state index is 12.3. The summed E-state index contributed by atoms with van der Waals surface area (Å²) < 4.78 is 0. The minimum Gasteiger partial charge on any atom is -0.395 e. The quantitative estimate of drug-likeness (QED) is 0.847. The number of rotatable bonds is 4. The van der Waals surface area contributed by atoms with Crippen molar-refractivity contribution in [1.82, 2.24) is 4.90 Å². The second kappa shape index (κ2) is 7.99. The molecule has 1 N–H and O–H groups in total. The van der Waals surface area contributed by atoms with Gasteiger partial charge in [-0.05, 0) is 24.6 Å². The van der Waals surface area contributed by atoms with Gasteiger partial charge in [-0.25, -0.2) is 0 Å². The minimum atomic E-state index is -0.108. The summed E-state index contributed by atoms with van der Waals surface area (Å²) in [5.74, 6) is 5.64. The third-order valence-corrected chi connectivity index (χ3v) is 2.84. The number of aryl methyl sites for hydroxylation is 1. The smallest absolute Gasteiger partial charge is 0.253 e. The number of hydrogen-bond acceptors (Lipinski definition) is 3. The molecule has 0 aliphatic carbocycles. The fourth-order valence-electron chi connectivity index (χ4n) is 1.68. The van der Waals surface area contributed by atoms with Crippen LogP contribution in [0.2, 0.25) is 0 Å². The van der Waals surface area contributed by atoms with Crippen LogP contribution in [0.15, 0.2) is 18.2 Å². The van der Waals surface area contributed by atoms with E-state index in [1.54, 1.807) is 13.1 Å². The number of hydrogen-bond donors (Lipinski definition) is 1. The molecular formula is C16H18N2O2. The van der Waals surface area contributed by atoms with Gasteiger partial charge >= 0.3 is 0 Å². The highest BCUT2D eigenvalue weighted by Gasteiger charge is 2.14. The molecule has 0 unspecified atom stereocenters. The second-order valence-corrected chi connectivity index (χ2v) is 4.44. The van der Waals surface area contributed by atoms with E-state index in [4.69, 9.17) is 10.4 Å². The van der Waals surface area contributed by atoms with Gasteiger partial charge in [-0.15, -0.1) is 0 Å². The Morgan fingerprint density at radius 1 is 1.40 bits per heavy atom. The lowest BCUT2D eigenvalue weighted by molar-refractivity contribution is 0.0797. The molecule has 20 heavy (non-hydrogen) atoms. The van der Waals surface area contributed by atoms with Crippen molar-refractivity contribution in [1.29, 1.82) is 5.26 Å². The van der Waals surface area contributed by atoms with Crippen molar-refractivity contribution in [3.05, 3.63) is 34.9 Å². The Balaban J connectivity index is 2.94. The zero-order chi connectivity index (χ0) is 15.0. The topological polar surface area (TPSA) is 64.3 Å². The van der Waals surface area contributed by atoms with Gasteiger partial charge in [0.05, 0.1) is 19.1 Å². The molecule has 0 fully saturated rings. The van der Waals surface area contributed by atoms with Crippen molar-refractivity contribution in [2.75, 3.05) is 20.2 Å². The summed E-state index contributed by atoms with van der Waals surface area (Å²) in [6.07, 6.45) is 0.733. The SMILES string of the molecule is Cc1ccc(C#CCCO)cc1C(=O)N(C)CCC#N. The molecule has 0 atom stereocenters. The lowest BCUT2D eigenvalue weighted by atomic mass is 10.0. The van der Waals surface area contributed by atoms with Crippen LogP contribution in [-0.4, -0.2) is 36.1 Å². The first-order valence-electron chi connectivity index (χ1n) is 6.43. The average molecular weight is 270 g/mol. The molecule has 0 heterocycles. The Hall–Kier alpha value is -2.30. The summed E-state index contributed by atoms with van der Waals surface area (Å²) >= 11 is 0. The van der Waals surface area contributed by atoms with E-state index < -0.39 is 0 Å². The fourth-order valence-corrected chi connectivity index (χ4v) is 1.68. The van der Waals surface area contributed by atoms with Gasteiger partial charge in [0, 0.05) is 31.1 Å². The molecule has 0 saturated heterocycles. The summed E-state index contributed by atoms with van der Waals surface area (Å²) in [6.45, 7) is 2.31. The average Bonchev–Trinajstić information content (AvgIpc) is 2.46. The first-order valence-corrected chi connectivity index (χ1v) is 6.43. The largest absolute Gasteiger partial charge is 0.395 e. The van der Waals surface area contributed by atoms with E-state index >= 15 is 0 Å². The Morgan fingerprint density at radius 3 is 2.80 bits per heavy atom. The van der Waals surface area contributed by atoms with Crippen LogP contribution >= 0.6 is 0 Å². The van der Waals surface area contributed by atoms with Gasteiger partial charge in [-0.3, -0.25) is 4.79 Å². The second-order valence-electron chi connectivity index (χ2n) is 4.44. The number of nitriles is 1. The van der Waals surface area contributed by atoms with E-state index in [1.165, 1.54) is 4.90 Å². The Kier molecular flexibility index (Phi) is 6.29. The first kappa shape index (κ1) is 15.8. The number of carbonyl (C=O) groups excluding carboxylic acids is 1. The van der Waals surface area contributed by atoms with Crippen LogP contribution in [0.25, 0.3) is 0 Å². The number of amides is 1. The van der Waals surface area contributed by atoms with Gasteiger partial charge in [0.15, 0.2) is 0 Å². The van der Waals surface area contributed by atoms with E-state index in [2.05, 4.69) is 11.8 Å². The molecule has 0 saturated carbocycles. The molecule has 0 spiro atoms. The summed E-state index contributed by atoms with van der Waals surface area (Å²) in [6, 6.07) is 7.49. The van der Waals surface area contributed by atoms with Crippen molar-refractivity contribution in [3.63, 3.8) is 0 Å². The van der Waals surface area contributed by atoms with E-state index in [0.717, 1.165) is 11.1 Å². The van der Waals surface area contributed by atoms with Crippen LogP contribution < -0.4 is 0 Å². The van der Waals surface area contributed by atoms with Crippen molar-refractivity contribution < 1.29 is 9.90 Å². The van der Waals surface area contributed by atoms with Crippen molar-refractivity contribution in [2.45, 2.75) is 19.8 Å². The molecule has 1 aromatic carbocycles. The maximum absolute atomic E-state index is 12.3.